The van der Waals surface area contributed by atoms with E-state index in [-0.39, 0.29) is 23.7 Å². The zero-order valence-corrected chi connectivity index (χ0v) is 13.7. The van der Waals surface area contributed by atoms with Crippen molar-refractivity contribution in [1.29, 1.82) is 0 Å². The highest BCUT2D eigenvalue weighted by Crippen LogP contribution is 2.03. The third-order valence-corrected chi connectivity index (χ3v) is 3.49. The third-order valence-electron chi connectivity index (χ3n) is 2.91. The van der Waals surface area contributed by atoms with Crippen molar-refractivity contribution in [2.24, 2.45) is 0 Å². The Balaban J connectivity index is 1.76. The molecule has 0 fully saturated rings. The number of hydrogen-bond acceptors (Lipinski definition) is 6. The van der Waals surface area contributed by atoms with E-state index in [0.717, 1.165) is 11.8 Å². The number of benzene rings is 1. The Labute approximate surface area is 146 Å². The molecule has 8 heteroatoms. The average molecular weight is 357 g/mol. The zero-order valence-electron chi connectivity index (χ0n) is 12.9. The molecular formula is C17H13N2O5S-. The van der Waals surface area contributed by atoms with Crippen molar-refractivity contribution in [3.63, 3.8) is 0 Å². The lowest BCUT2D eigenvalue weighted by Crippen LogP contribution is -2.24. The highest BCUT2D eigenvalue weighted by molar-refractivity contribution is 7.79. The molecule has 7 nitrogen and oxygen atoms in total. The quantitative estimate of drug-likeness (QED) is 0.367. The minimum absolute atomic E-state index is 0.0610. The summed E-state index contributed by atoms with van der Waals surface area (Å²) in [7, 11) is 0. The van der Waals surface area contributed by atoms with Gasteiger partial charge in [-0.3, -0.25) is 9.00 Å². The fourth-order valence-corrected chi connectivity index (χ4v) is 2.03. The molecule has 1 amide bonds. The Morgan fingerprint density at radius 3 is 2.60 bits per heavy atom. The van der Waals surface area contributed by atoms with Crippen LogP contribution in [0.5, 0.6) is 0 Å². The van der Waals surface area contributed by atoms with Crippen LogP contribution in [0, 0.1) is 11.8 Å². The second kappa shape index (κ2) is 9.32. The molecule has 0 aliphatic rings. The fraction of sp³-hybridized carbons (Fsp3) is 0.118. The largest absolute Gasteiger partial charge is 0.767 e. The summed E-state index contributed by atoms with van der Waals surface area (Å²) >= 11 is -2.45. The zero-order chi connectivity index (χ0) is 18.1. The fourth-order valence-electron chi connectivity index (χ4n) is 1.72. The first-order valence-electron chi connectivity index (χ1n) is 7.09. The number of carbonyl (C=O) groups is 2. The second-order valence-corrected chi connectivity index (χ2v) is 5.55. The molecule has 1 unspecified atom stereocenters. The van der Waals surface area contributed by atoms with Crippen molar-refractivity contribution in [2.75, 3.05) is 6.54 Å². The van der Waals surface area contributed by atoms with E-state index in [9.17, 15) is 18.4 Å². The van der Waals surface area contributed by atoms with Crippen LogP contribution in [0.25, 0.3) is 0 Å². The monoisotopic (exact) mass is 357 g/mol. The first-order valence-corrected chi connectivity index (χ1v) is 8.17. The maximum atomic E-state index is 11.8. The van der Waals surface area contributed by atoms with Crippen LogP contribution < -0.4 is 5.32 Å². The summed E-state index contributed by atoms with van der Waals surface area (Å²) in [6.45, 7) is 0.0638. The van der Waals surface area contributed by atoms with Gasteiger partial charge in [-0.1, -0.05) is 36.3 Å². The van der Waals surface area contributed by atoms with E-state index in [0.29, 0.717) is 0 Å². The molecule has 0 bridgehead atoms. The SMILES string of the molecule is O=C(C#CCNC(=O)c1ccc(S(=O)[O-])nc1)OCc1ccccc1. The van der Waals surface area contributed by atoms with Gasteiger partial charge in [0.2, 0.25) is 0 Å². The summed E-state index contributed by atoms with van der Waals surface area (Å²) in [5.74, 6) is 3.56. The van der Waals surface area contributed by atoms with Crippen LogP contribution in [0.1, 0.15) is 15.9 Å². The summed E-state index contributed by atoms with van der Waals surface area (Å²) in [5.41, 5.74) is 1.03. The van der Waals surface area contributed by atoms with Gasteiger partial charge in [-0.15, -0.1) is 0 Å². The van der Waals surface area contributed by atoms with E-state index in [2.05, 4.69) is 22.1 Å². The smallest absolute Gasteiger partial charge is 0.384 e. The van der Waals surface area contributed by atoms with Gasteiger partial charge in [0.25, 0.3) is 5.91 Å². The number of pyridine rings is 1. The molecule has 0 aliphatic heterocycles. The number of hydrogen-bond donors (Lipinski definition) is 1. The van der Waals surface area contributed by atoms with E-state index in [1.807, 2.05) is 30.3 Å². The molecule has 0 saturated heterocycles. The molecule has 2 rings (SSSR count). The molecule has 128 valence electrons. The van der Waals surface area contributed by atoms with E-state index in [4.69, 9.17) is 4.74 Å². The standard InChI is InChI=1S/C17H14N2O5S/c20-16(24-12-13-5-2-1-3-6-13)7-4-10-18-17(21)14-8-9-15(19-11-14)25(22)23/h1-3,5-6,8-9,11H,10,12H2,(H,18,21)(H,22,23)/p-1. The van der Waals surface area contributed by atoms with Crippen molar-refractivity contribution in [2.45, 2.75) is 11.6 Å². The normalized spacial score (nSPS) is 10.9. The lowest BCUT2D eigenvalue weighted by molar-refractivity contribution is -0.137. The molecule has 0 spiro atoms. The lowest BCUT2D eigenvalue weighted by atomic mass is 10.2. The maximum absolute atomic E-state index is 11.8. The van der Waals surface area contributed by atoms with Crippen molar-refractivity contribution in [1.82, 2.24) is 10.3 Å². The summed E-state index contributed by atoms with van der Waals surface area (Å²) in [4.78, 5) is 26.9. The van der Waals surface area contributed by atoms with Crippen LogP contribution in [0.15, 0.2) is 53.7 Å². The van der Waals surface area contributed by atoms with Crippen LogP contribution >= 0.6 is 0 Å². The number of amides is 1. The van der Waals surface area contributed by atoms with Gasteiger partial charge in [-0.2, -0.15) is 0 Å². The highest BCUT2D eigenvalue weighted by atomic mass is 32.2. The van der Waals surface area contributed by atoms with Gasteiger partial charge in [-0.25, -0.2) is 9.78 Å². The predicted octanol–water partition coefficient (Wildman–Crippen LogP) is 0.796. The van der Waals surface area contributed by atoms with E-state index in [1.165, 1.54) is 12.1 Å². The number of nitrogens with one attached hydrogen (secondary N) is 1. The van der Waals surface area contributed by atoms with Crippen LogP contribution in [0.3, 0.4) is 0 Å². The minimum Gasteiger partial charge on any atom is -0.767 e. The van der Waals surface area contributed by atoms with Crippen LogP contribution in [0.2, 0.25) is 0 Å². The Hall–Kier alpha value is -3.02. The van der Waals surface area contributed by atoms with Gasteiger partial charge in [-0.05, 0) is 28.8 Å². The second-order valence-electron chi connectivity index (χ2n) is 4.67. The minimum atomic E-state index is -2.45. The maximum Gasteiger partial charge on any atom is 0.384 e. The van der Waals surface area contributed by atoms with Crippen LogP contribution in [0.4, 0.5) is 0 Å². The Morgan fingerprint density at radius 1 is 1.20 bits per heavy atom. The van der Waals surface area contributed by atoms with Gasteiger partial charge in [0.15, 0.2) is 0 Å². The van der Waals surface area contributed by atoms with Gasteiger partial charge in [0.1, 0.15) is 11.6 Å². The van der Waals surface area contributed by atoms with Crippen LogP contribution in [-0.4, -0.2) is 32.2 Å². The first kappa shape index (κ1) is 18.3. The number of carbonyl (C=O) groups excluding carboxylic acids is 2. The van der Waals surface area contributed by atoms with E-state index >= 15 is 0 Å². The predicted molar refractivity (Wildman–Crippen MR) is 87.8 cm³/mol. The molecule has 1 N–H and O–H groups in total. The first-order chi connectivity index (χ1) is 12.1. The number of aromatic nitrogens is 1. The summed E-state index contributed by atoms with van der Waals surface area (Å²) in [6, 6.07) is 11.7. The van der Waals surface area contributed by atoms with E-state index < -0.39 is 23.0 Å². The van der Waals surface area contributed by atoms with Gasteiger partial charge in [0, 0.05) is 12.1 Å². The molecule has 1 aromatic heterocycles. The van der Waals surface area contributed by atoms with Crippen molar-refractivity contribution in [3.8, 4) is 11.8 Å². The summed E-state index contributed by atoms with van der Waals surface area (Å²) in [6.07, 6.45) is 1.14. The van der Waals surface area contributed by atoms with Gasteiger partial charge >= 0.3 is 5.97 Å². The topological polar surface area (TPSA) is 108 Å². The Morgan fingerprint density at radius 2 is 1.96 bits per heavy atom. The molecule has 1 aromatic carbocycles. The Kier molecular flexibility index (Phi) is 6.83. The molecular weight excluding hydrogens is 344 g/mol. The average Bonchev–Trinajstić information content (AvgIpc) is 2.64. The molecule has 1 heterocycles. The molecule has 0 saturated carbocycles. The van der Waals surface area contributed by atoms with Crippen molar-refractivity contribution in [3.05, 3.63) is 59.8 Å². The van der Waals surface area contributed by atoms with Crippen LogP contribution in [-0.2, 0) is 27.2 Å². The molecule has 25 heavy (non-hydrogen) atoms. The Bertz CT molecular complexity index is 826. The van der Waals surface area contributed by atoms with Gasteiger partial charge < -0.3 is 14.6 Å². The molecule has 0 radical (unpaired) electrons. The van der Waals surface area contributed by atoms with Gasteiger partial charge in [0.05, 0.1) is 12.1 Å². The summed E-state index contributed by atoms with van der Waals surface area (Å²) in [5, 5.41) is 2.31. The number of ether oxygens (including phenoxy) is 1. The molecule has 2 aromatic rings. The van der Waals surface area contributed by atoms with Crippen molar-refractivity contribution < 1.29 is 23.1 Å². The molecule has 1 atom stereocenters. The van der Waals surface area contributed by atoms with E-state index in [1.54, 1.807) is 0 Å². The lowest BCUT2D eigenvalue weighted by Gasteiger charge is -2.05. The number of esters is 1. The number of rotatable bonds is 5. The highest BCUT2D eigenvalue weighted by Gasteiger charge is 2.05. The molecule has 0 aliphatic carbocycles. The summed E-state index contributed by atoms with van der Waals surface area (Å²) < 4.78 is 26.3. The third kappa shape index (κ3) is 6.18. The van der Waals surface area contributed by atoms with Crippen molar-refractivity contribution >= 4 is 23.0 Å². The number of nitrogens with zero attached hydrogens (tertiary/aromatic N) is 1.